The first-order chi connectivity index (χ1) is 12.1. The molecule has 0 aliphatic carbocycles. The van der Waals surface area contributed by atoms with Crippen molar-refractivity contribution in [2.24, 2.45) is 14.1 Å². The van der Waals surface area contributed by atoms with Gasteiger partial charge in [-0.25, -0.2) is 9.67 Å². The number of carbonyl (C=O) groups is 1. The van der Waals surface area contributed by atoms with Gasteiger partial charge < -0.3 is 5.32 Å². The number of aromatic nitrogens is 6. The van der Waals surface area contributed by atoms with Crippen LogP contribution in [0.2, 0.25) is 0 Å². The first kappa shape index (κ1) is 15.0. The van der Waals surface area contributed by atoms with Crippen molar-refractivity contribution in [3.63, 3.8) is 0 Å². The summed E-state index contributed by atoms with van der Waals surface area (Å²) in [6.07, 6.45) is 1.64. The highest BCUT2D eigenvalue weighted by molar-refractivity contribution is 6.06. The Morgan fingerprint density at radius 2 is 2.00 bits per heavy atom. The lowest BCUT2D eigenvalue weighted by Crippen LogP contribution is -2.11. The number of amides is 1. The summed E-state index contributed by atoms with van der Waals surface area (Å²) >= 11 is 0. The first-order valence-corrected chi connectivity index (χ1v) is 7.67. The van der Waals surface area contributed by atoms with Gasteiger partial charge >= 0.3 is 0 Å². The van der Waals surface area contributed by atoms with Crippen LogP contribution in [0, 0.1) is 0 Å². The van der Waals surface area contributed by atoms with Crippen molar-refractivity contribution in [3.05, 3.63) is 54.4 Å². The maximum atomic E-state index is 12.5. The van der Waals surface area contributed by atoms with Crippen LogP contribution in [0.25, 0.3) is 22.4 Å². The summed E-state index contributed by atoms with van der Waals surface area (Å²) in [5.74, 6) is 0.401. The second kappa shape index (κ2) is 5.82. The van der Waals surface area contributed by atoms with Gasteiger partial charge in [-0.1, -0.05) is 17.3 Å². The van der Waals surface area contributed by atoms with Crippen LogP contribution in [-0.4, -0.2) is 35.7 Å². The summed E-state index contributed by atoms with van der Waals surface area (Å²) in [6, 6.07) is 12.7. The summed E-state index contributed by atoms with van der Waals surface area (Å²) in [5, 5.41) is 15.1. The van der Waals surface area contributed by atoms with Crippen molar-refractivity contribution in [3.8, 4) is 11.4 Å². The van der Waals surface area contributed by atoms with Gasteiger partial charge in [0.25, 0.3) is 5.91 Å². The molecule has 0 unspecified atom stereocenters. The van der Waals surface area contributed by atoms with Crippen LogP contribution < -0.4 is 5.32 Å². The van der Waals surface area contributed by atoms with E-state index in [9.17, 15) is 4.79 Å². The number of nitrogens with one attached hydrogen (secondary N) is 1. The smallest absolute Gasteiger partial charge is 0.255 e. The van der Waals surface area contributed by atoms with Crippen molar-refractivity contribution in [2.75, 3.05) is 5.32 Å². The average molecular weight is 333 g/mol. The Morgan fingerprint density at radius 1 is 1.12 bits per heavy atom. The van der Waals surface area contributed by atoms with E-state index in [0.29, 0.717) is 22.6 Å². The number of rotatable bonds is 3. The molecule has 4 aromatic rings. The van der Waals surface area contributed by atoms with Crippen molar-refractivity contribution in [1.82, 2.24) is 29.8 Å². The molecule has 124 valence electrons. The van der Waals surface area contributed by atoms with E-state index in [4.69, 9.17) is 0 Å². The maximum Gasteiger partial charge on any atom is 0.255 e. The van der Waals surface area contributed by atoms with Gasteiger partial charge in [0.2, 0.25) is 0 Å². The Morgan fingerprint density at radius 3 is 2.80 bits per heavy atom. The topological polar surface area (TPSA) is 90.5 Å². The molecule has 1 amide bonds. The second-order valence-electron chi connectivity index (χ2n) is 5.69. The van der Waals surface area contributed by atoms with E-state index in [-0.39, 0.29) is 5.91 Å². The van der Waals surface area contributed by atoms with E-state index < -0.39 is 0 Å². The summed E-state index contributed by atoms with van der Waals surface area (Å²) in [7, 11) is 3.62. The number of carbonyl (C=O) groups excluding carboxylic acids is 1. The fraction of sp³-hybridized carbons (Fsp3) is 0.118. The lowest BCUT2D eigenvalue weighted by Gasteiger charge is -2.06. The van der Waals surface area contributed by atoms with E-state index in [1.54, 1.807) is 27.8 Å². The van der Waals surface area contributed by atoms with Gasteiger partial charge in [0.05, 0.1) is 5.52 Å². The minimum Gasteiger partial charge on any atom is -0.322 e. The molecule has 0 aliphatic rings. The largest absolute Gasteiger partial charge is 0.322 e. The summed E-state index contributed by atoms with van der Waals surface area (Å²) < 4.78 is 3.30. The van der Waals surface area contributed by atoms with Gasteiger partial charge in [0.15, 0.2) is 5.82 Å². The van der Waals surface area contributed by atoms with Crippen LogP contribution in [0.1, 0.15) is 10.4 Å². The molecule has 25 heavy (non-hydrogen) atoms. The standard InChI is InChI=1S/C17H15N7O/c1-23-10-18-16(21-23)11-4-3-5-13(8-11)19-17(25)12-6-7-15-14(9-12)20-22-24(15)2/h3-10H,1-2H3,(H,19,25). The van der Waals surface area contributed by atoms with Crippen LogP contribution >= 0.6 is 0 Å². The Kier molecular flexibility index (Phi) is 3.50. The second-order valence-corrected chi connectivity index (χ2v) is 5.69. The summed E-state index contributed by atoms with van der Waals surface area (Å²) in [6.45, 7) is 0. The molecular formula is C17H15N7O. The van der Waals surface area contributed by atoms with Crippen LogP contribution in [-0.2, 0) is 14.1 Å². The molecule has 4 rings (SSSR count). The fourth-order valence-corrected chi connectivity index (χ4v) is 2.59. The van der Waals surface area contributed by atoms with E-state index in [2.05, 4.69) is 25.7 Å². The molecule has 2 aromatic heterocycles. The number of hydrogen-bond acceptors (Lipinski definition) is 5. The Hall–Kier alpha value is -3.55. The van der Waals surface area contributed by atoms with Gasteiger partial charge in [-0.2, -0.15) is 5.10 Å². The highest BCUT2D eigenvalue weighted by atomic mass is 16.1. The minimum absolute atomic E-state index is 0.210. The normalized spacial score (nSPS) is 11.0. The third kappa shape index (κ3) is 2.85. The van der Waals surface area contributed by atoms with Crippen molar-refractivity contribution in [1.29, 1.82) is 0 Å². The van der Waals surface area contributed by atoms with Crippen molar-refractivity contribution in [2.45, 2.75) is 0 Å². The molecule has 0 saturated carbocycles. The maximum absolute atomic E-state index is 12.5. The summed E-state index contributed by atoms with van der Waals surface area (Å²) in [5.41, 5.74) is 3.59. The van der Waals surface area contributed by atoms with Gasteiger partial charge in [0, 0.05) is 30.9 Å². The molecule has 2 heterocycles. The minimum atomic E-state index is -0.210. The van der Waals surface area contributed by atoms with Gasteiger partial charge in [-0.05, 0) is 30.3 Å². The van der Waals surface area contributed by atoms with Crippen molar-refractivity contribution < 1.29 is 4.79 Å². The number of nitrogens with zero attached hydrogens (tertiary/aromatic N) is 6. The van der Waals surface area contributed by atoms with Crippen LogP contribution in [0.5, 0.6) is 0 Å². The summed E-state index contributed by atoms with van der Waals surface area (Å²) in [4.78, 5) is 16.7. The SMILES string of the molecule is Cn1cnc(-c2cccc(NC(=O)c3ccc4c(c3)nnn4C)c2)n1. The molecule has 8 nitrogen and oxygen atoms in total. The molecular weight excluding hydrogens is 318 g/mol. The highest BCUT2D eigenvalue weighted by Crippen LogP contribution is 2.20. The predicted octanol–water partition coefficient (Wildman–Crippen LogP) is 2.02. The number of anilines is 1. The number of fused-ring (bicyclic) bond motifs is 1. The zero-order valence-corrected chi connectivity index (χ0v) is 13.7. The monoisotopic (exact) mass is 333 g/mol. The van der Waals surface area contributed by atoms with E-state index >= 15 is 0 Å². The lowest BCUT2D eigenvalue weighted by molar-refractivity contribution is 0.102. The van der Waals surface area contributed by atoms with Gasteiger partial charge in [-0.15, -0.1) is 5.10 Å². The molecule has 0 fully saturated rings. The Bertz CT molecular complexity index is 1080. The number of aryl methyl sites for hydroxylation is 2. The molecule has 0 atom stereocenters. The number of benzene rings is 2. The fourth-order valence-electron chi connectivity index (χ4n) is 2.59. The zero-order chi connectivity index (χ0) is 17.4. The van der Waals surface area contributed by atoms with Crippen LogP contribution in [0.4, 0.5) is 5.69 Å². The van der Waals surface area contributed by atoms with Gasteiger partial charge in [0.1, 0.15) is 11.8 Å². The molecule has 0 aliphatic heterocycles. The third-order valence-corrected chi connectivity index (χ3v) is 3.85. The van der Waals surface area contributed by atoms with Crippen molar-refractivity contribution >= 4 is 22.6 Å². The molecule has 2 aromatic carbocycles. The Balaban J connectivity index is 1.59. The molecule has 1 N–H and O–H groups in total. The molecule has 0 spiro atoms. The predicted molar refractivity (Wildman–Crippen MR) is 92.9 cm³/mol. The Labute approximate surface area is 143 Å². The first-order valence-electron chi connectivity index (χ1n) is 7.67. The quantitative estimate of drug-likeness (QED) is 0.619. The zero-order valence-electron chi connectivity index (χ0n) is 13.7. The van der Waals surface area contributed by atoms with E-state index in [1.807, 2.05) is 44.4 Å². The molecule has 8 heteroatoms. The molecule has 0 saturated heterocycles. The van der Waals surface area contributed by atoms with Crippen LogP contribution in [0.15, 0.2) is 48.8 Å². The number of hydrogen-bond donors (Lipinski definition) is 1. The molecule has 0 bridgehead atoms. The van der Waals surface area contributed by atoms with E-state index in [1.165, 1.54) is 0 Å². The average Bonchev–Trinajstić information content (AvgIpc) is 3.21. The lowest BCUT2D eigenvalue weighted by atomic mass is 10.1. The van der Waals surface area contributed by atoms with E-state index in [0.717, 1.165) is 11.1 Å². The van der Waals surface area contributed by atoms with Gasteiger partial charge in [-0.3, -0.25) is 9.48 Å². The highest BCUT2D eigenvalue weighted by Gasteiger charge is 2.11. The van der Waals surface area contributed by atoms with Crippen LogP contribution in [0.3, 0.4) is 0 Å². The third-order valence-electron chi connectivity index (χ3n) is 3.85. The molecule has 0 radical (unpaired) electrons.